The van der Waals surface area contributed by atoms with Crippen LogP contribution >= 0.6 is 0 Å². The number of hydrogen-bond donors (Lipinski definition) is 1. The lowest BCUT2D eigenvalue weighted by molar-refractivity contribution is 0.0127. The van der Waals surface area contributed by atoms with Gasteiger partial charge in [0.05, 0.1) is 16.8 Å². The number of aliphatic hydroxyl groups excluding tert-OH is 1. The molecule has 1 fully saturated rings. The van der Waals surface area contributed by atoms with Crippen LogP contribution in [0.4, 0.5) is 5.69 Å². The van der Waals surface area contributed by atoms with Crippen molar-refractivity contribution in [2.75, 3.05) is 57.5 Å². The van der Waals surface area contributed by atoms with Crippen LogP contribution < -0.4 is 9.64 Å². The topological polar surface area (TPSA) is 73.3 Å². The number of fused-ring (bicyclic) bond motifs is 1. The van der Waals surface area contributed by atoms with E-state index in [9.17, 15) is 13.5 Å². The Bertz CT molecular complexity index is 1560. The summed E-state index contributed by atoms with van der Waals surface area (Å²) in [5, 5.41) is 12.4. The van der Waals surface area contributed by atoms with Crippen molar-refractivity contribution in [2.45, 2.75) is 89.4 Å². The Morgan fingerprint density at radius 1 is 0.833 bits per heavy atom. The number of benzene rings is 3. The SMILES string of the molecule is CCCCC1(CCCC)CS(=O)(=O)c2ccc(N(C)C)cc2[C@H](c2ccc(OCc3ccc(CN4CCN(CC)CC4)cc3)cc2)[C@@H]1O. The molecule has 0 unspecified atom stereocenters. The number of nitrogens with zero attached hydrogens (tertiary/aromatic N) is 3. The van der Waals surface area contributed by atoms with Crippen molar-refractivity contribution in [3.63, 3.8) is 0 Å². The van der Waals surface area contributed by atoms with E-state index in [1.807, 2.05) is 55.4 Å². The molecule has 48 heavy (non-hydrogen) atoms. The molecule has 2 aliphatic rings. The third kappa shape index (κ3) is 8.44. The van der Waals surface area contributed by atoms with Crippen LogP contribution in [0.25, 0.3) is 0 Å². The normalized spacial score (nSPS) is 21.0. The first-order valence-electron chi connectivity index (χ1n) is 18.1. The lowest BCUT2D eigenvalue weighted by Crippen LogP contribution is -2.45. The minimum atomic E-state index is -3.63. The second-order valence-electron chi connectivity index (χ2n) is 14.3. The van der Waals surface area contributed by atoms with E-state index in [-0.39, 0.29) is 5.75 Å². The fourth-order valence-corrected chi connectivity index (χ4v) is 9.78. The lowest BCUT2D eigenvalue weighted by Gasteiger charge is -2.40. The van der Waals surface area contributed by atoms with Crippen LogP contribution in [-0.2, 0) is 23.0 Å². The largest absolute Gasteiger partial charge is 0.489 e. The van der Waals surface area contributed by atoms with E-state index in [2.05, 4.69) is 54.8 Å². The number of aliphatic hydroxyl groups is 1. The molecular weight excluding hydrogens is 619 g/mol. The fourth-order valence-electron chi connectivity index (χ4n) is 7.59. The molecule has 2 heterocycles. The number of sulfone groups is 1. The van der Waals surface area contributed by atoms with Crippen molar-refractivity contribution in [3.8, 4) is 5.75 Å². The quantitative estimate of drug-likeness (QED) is 0.195. The zero-order valence-electron chi connectivity index (χ0n) is 29.8. The van der Waals surface area contributed by atoms with E-state index in [0.717, 1.165) is 87.5 Å². The van der Waals surface area contributed by atoms with E-state index in [4.69, 9.17) is 4.74 Å². The molecular formula is C40H57N3O4S. The van der Waals surface area contributed by atoms with E-state index in [0.29, 0.717) is 29.9 Å². The molecule has 0 saturated carbocycles. The van der Waals surface area contributed by atoms with E-state index in [1.54, 1.807) is 6.07 Å². The summed E-state index contributed by atoms with van der Waals surface area (Å²) in [6, 6.07) is 22.3. The maximum atomic E-state index is 14.1. The summed E-state index contributed by atoms with van der Waals surface area (Å²) in [6.07, 6.45) is 4.19. The summed E-state index contributed by atoms with van der Waals surface area (Å²) in [4.78, 5) is 7.36. The molecule has 0 spiro atoms. The molecule has 1 saturated heterocycles. The Balaban J connectivity index is 1.37. The summed E-state index contributed by atoms with van der Waals surface area (Å²) < 4.78 is 34.4. The van der Waals surface area contributed by atoms with Gasteiger partial charge in [-0.2, -0.15) is 0 Å². The number of unbranched alkanes of at least 4 members (excludes halogenated alkanes) is 2. The average Bonchev–Trinajstić information content (AvgIpc) is 3.16. The number of anilines is 1. The monoisotopic (exact) mass is 675 g/mol. The summed E-state index contributed by atoms with van der Waals surface area (Å²) in [6.45, 7) is 13.6. The number of ether oxygens (including phenoxy) is 1. The van der Waals surface area contributed by atoms with Gasteiger partial charge >= 0.3 is 0 Å². The Labute approximate surface area is 289 Å². The van der Waals surface area contributed by atoms with Crippen LogP contribution in [0.15, 0.2) is 71.6 Å². The number of hydrogen-bond acceptors (Lipinski definition) is 7. The summed E-state index contributed by atoms with van der Waals surface area (Å²) in [5.74, 6) is 0.247. The van der Waals surface area contributed by atoms with E-state index in [1.165, 1.54) is 5.56 Å². The van der Waals surface area contributed by atoms with Gasteiger partial charge in [0.15, 0.2) is 9.84 Å². The molecule has 0 radical (unpaired) electrons. The van der Waals surface area contributed by atoms with Crippen molar-refractivity contribution < 1.29 is 18.3 Å². The van der Waals surface area contributed by atoms with Gasteiger partial charge in [0.2, 0.25) is 0 Å². The second-order valence-corrected chi connectivity index (χ2v) is 16.2. The lowest BCUT2D eigenvalue weighted by atomic mass is 9.68. The van der Waals surface area contributed by atoms with Gasteiger partial charge in [0.1, 0.15) is 12.4 Å². The third-order valence-electron chi connectivity index (χ3n) is 10.6. The maximum absolute atomic E-state index is 14.1. The van der Waals surface area contributed by atoms with Crippen molar-refractivity contribution in [1.82, 2.24) is 9.80 Å². The first-order chi connectivity index (χ1) is 23.1. The van der Waals surface area contributed by atoms with Crippen molar-refractivity contribution >= 4 is 15.5 Å². The minimum absolute atomic E-state index is 0.0263. The molecule has 0 aliphatic carbocycles. The Morgan fingerprint density at radius 3 is 2.02 bits per heavy atom. The van der Waals surface area contributed by atoms with Crippen molar-refractivity contribution in [1.29, 1.82) is 0 Å². The summed E-state index contributed by atoms with van der Waals surface area (Å²) >= 11 is 0. The standard InChI is InChI=1S/C40H57N3O4S/c1-6-9-21-40(22-10-7-2)30-48(45,46)37-20-17-34(41(4)5)27-36(37)38(39(40)44)33-15-18-35(19-16-33)47-29-32-13-11-31(12-14-32)28-43-25-23-42(8-3)24-26-43/h11-20,27,38-39,44H,6-10,21-26,28-30H2,1-5H3/t38-,39-/m0/s1. The molecule has 0 bridgehead atoms. The Hall–Kier alpha value is -2.91. The highest BCUT2D eigenvalue weighted by molar-refractivity contribution is 7.91. The van der Waals surface area contributed by atoms with Crippen LogP contribution in [0.1, 0.15) is 87.5 Å². The molecule has 3 aromatic carbocycles. The minimum Gasteiger partial charge on any atom is -0.489 e. The van der Waals surface area contributed by atoms with Crippen LogP contribution in [-0.4, -0.2) is 82.0 Å². The molecule has 262 valence electrons. The van der Waals surface area contributed by atoms with Crippen molar-refractivity contribution in [2.24, 2.45) is 5.41 Å². The van der Waals surface area contributed by atoms with Gasteiger partial charge < -0.3 is 19.6 Å². The molecule has 0 aromatic heterocycles. The highest BCUT2D eigenvalue weighted by Gasteiger charge is 2.49. The summed E-state index contributed by atoms with van der Waals surface area (Å²) in [7, 11) is 0.282. The zero-order valence-corrected chi connectivity index (χ0v) is 30.6. The molecule has 5 rings (SSSR count). The summed E-state index contributed by atoms with van der Waals surface area (Å²) in [5.41, 5.74) is 4.22. The van der Waals surface area contributed by atoms with Crippen molar-refractivity contribution in [3.05, 3.63) is 89.0 Å². The van der Waals surface area contributed by atoms with Gasteiger partial charge in [-0.05, 0) is 72.0 Å². The molecule has 3 aromatic rings. The predicted octanol–water partition coefficient (Wildman–Crippen LogP) is 7.12. The molecule has 1 N–H and O–H groups in total. The second kappa shape index (κ2) is 16.2. The number of rotatable bonds is 14. The van der Waals surface area contributed by atoms with Gasteiger partial charge in [-0.25, -0.2) is 8.42 Å². The zero-order chi connectivity index (χ0) is 34.3. The first-order valence-corrected chi connectivity index (χ1v) is 19.7. The molecule has 0 amide bonds. The smallest absolute Gasteiger partial charge is 0.179 e. The molecule has 8 heteroatoms. The van der Waals surface area contributed by atoms with E-state index >= 15 is 0 Å². The van der Waals surface area contributed by atoms with Crippen LogP contribution in [0, 0.1) is 5.41 Å². The van der Waals surface area contributed by atoms with Gasteiger partial charge in [0.25, 0.3) is 0 Å². The van der Waals surface area contributed by atoms with Gasteiger partial charge in [-0.3, -0.25) is 4.90 Å². The van der Waals surface area contributed by atoms with Crippen LogP contribution in [0.3, 0.4) is 0 Å². The Morgan fingerprint density at radius 2 is 1.44 bits per heavy atom. The maximum Gasteiger partial charge on any atom is 0.179 e. The number of piperazine rings is 1. The van der Waals surface area contributed by atoms with E-state index < -0.39 is 27.3 Å². The molecule has 2 aliphatic heterocycles. The highest BCUT2D eigenvalue weighted by atomic mass is 32.2. The first kappa shape index (κ1) is 36.4. The highest BCUT2D eigenvalue weighted by Crippen LogP contribution is 2.50. The predicted molar refractivity (Wildman–Crippen MR) is 197 cm³/mol. The fraction of sp³-hybridized carbons (Fsp3) is 0.550. The molecule has 7 nitrogen and oxygen atoms in total. The van der Waals surface area contributed by atoms with Gasteiger partial charge in [-0.1, -0.05) is 82.9 Å². The van der Waals surface area contributed by atoms with Crippen LogP contribution in [0.5, 0.6) is 5.75 Å². The Kier molecular flexibility index (Phi) is 12.3. The van der Waals surface area contributed by atoms with Crippen LogP contribution in [0.2, 0.25) is 0 Å². The average molecular weight is 676 g/mol. The molecule has 2 atom stereocenters. The number of likely N-dealkylation sites (N-methyl/N-ethyl adjacent to an activating group) is 1. The van der Waals surface area contributed by atoms with Gasteiger partial charge in [0, 0.05) is 63.8 Å². The van der Waals surface area contributed by atoms with Gasteiger partial charge in [-0.15, -0.1) is 0 Å². The third-order valence-corrected chi connectivity index (χ3v) is 12.6.